The second-order valence-electron chi connectivity index (χ2n) is 7.69. The topological polar surface area (TPSA) is 96.0 Å². The van der Waals surface area contributed by atoms with E-state index in [1.165, 1.54) is 50.6 Å². The Morgan fingerprint density at radius 1 is 1.12 bits per heavy atom. The normalized spacial score (nSPS) is 13.2. The fourth-order valence-electron chi connectivity index (χ4n) is 3.77. The van der Waals surface area contributed by atoms with Crippen LogP contribution in [0.4, 0.5) is 21.5 Å². The number of aryl methyl sites for hydroxylation is 1. The molecule has 0 saturated carbocycles. The number of rotatable bonds is 5. The number of ether oxygens (including phenoxy) is 1. The number of halogens is 1. The van der Waals surface area contributed by atoms with Crippen molar-refractivity contribution in [1.29, 1.82) is 0 Å². The molecule has 176 valence electrons. The summed E-state index contributed by atoms with van der Waals surface area (Å²) in [6, 6.07) is 15.0. The summed E-state index contributed by atoms with van der Waals surface area (Å²) in [6.07, 6.45) is 0. The zero-order valence-electron chi connectivity index (χ0n) is 18.7. The van der Waals surface area contributed by atoms with Gasteiger partial charge in [-0.15, -0.1) is 0 Å². The van der Waals surface area contributed by atoms with Gasteiger partial charge in [0, 0.05) is 12.6 Å². The van der Waals surface area contributed by atoms with Crippen LogP contribution in [0.1, 0.15) is 15.9 Å². The van der Waals surface area contributed by atoms with Gasteiger partial charge in [-0.05, 0) is 48.9 Å². The number of hydrogen-bond donors (Lipinski definition) is 1. The summed E-state index contributed by atoms with van der Waals surface area (Å²) in [4.78, 5) is 26.6. The minimum absolute atomic E-state index is 0.0828. The van der Waals surface area contributed by atoms with Gasteiger partial charge in [0.15, 0.2) is 0 Å². The molecule has 4 rings (SSSR count). The lowest BCUT2D eigenvalue weighted by atomic mass is 10.1. The standard InChI is InChI=1S/C24H22FN3O5S/c1-15-11-12-16(34(31,32)27(2)19-8-4-5-10-21(19)33-3)13-17(15)24(30)28-14-22(29)26-23-18(25)7-6-9-20(23)28/h4-13H,14H2,1-3H3,(H,26,29). The first kappa shape index (κ1) is 23.2. The van der Waals surface area contributed by atoms with Crippen LogP contribution in [-0.2, 0) is 14.8 Å². The van der Waals surface area contributed by atoms with Crippen LogP contribution in [0.5, 0.6) is 5.75 Å². The summed E-state index contributed by atoms with van der Waals surface area (Å²) in [5.41, 5.74) is 1.02. The maximum absolute atomic E-state index is 14.2. The first-order valence-corrected chi connectivity index (χ1v) is 11.7. The third kappa shape index (κ3) is 3.96. The van der Waals surface area contributed by atoms with Crippen LogP contribution in [0.15, 0.2) is 65.6 Å². The SMILES string of the molecule is COc1ccccc1N(C)S(=O)(=O)c1ccc(C)c(C(=O)N2CC(=O)Nc3c(F)cccc32)c1. The predicted octanol–water partition coefficient (Wildman–Crippen LogP) is 3.57. The molecule has 10 heteroatoms. The monoisotopic (exact) mass is 483 g/mol. The second kappa shape index (κ2) is 8.79. The molecule has 1 aliphatic heterocycles. The molecule has 1 N–H and O–H groups in total. The Morgan fingerprint density at radius 3 is 2.59 bits per heavy atom. The minimum Gasteiger partial charge on any atom is -0.495 e. The van der Waals surface area contributed by atoms with Gasteiger partial charge in [0.1, 0.15) is 23.8 Å². The molecule has 3 aromatic rings. The van der Waals surface area contributed by atoms with Crippen LogP contribution in [0.25, 0.3) is 0 Å². The Kier molecular flexibility index (Phi) is 6.01. The van der Waals surface area contributed by atoms with Crippen molar-refractivity contribution in [2.24, 2.45) is 0 Å². The largest absolute Gasteiger partial charge is 0.495 e. The van der Waals surface area contributed by atoms with Gasteiger partial charge in [-0.3, -0.25) is 18.8 Å². The van der Waals surface area contributed by atoms with Gasteiger partial charge in [0.25, 0.3) is 15.9 Å². The molecule has 0 atom stereocenters. The van der Waals surface area contributed by atoms with Crippen LogP contribution < -0.4 is 19.3 Å². The highest BCUT2D eigenvalue weighted by Gasteiger charge is 2.31. The molecule has 3 aromatic carbocycles. The molecule has 2 amide bonds. The van der Waals surface area contributed by atoms with Gasteiger partial charge >= 0.3 is 0 Å². The fourth-order valence-corrected chi connectivity index (χ4v) is 5.00. The summed E-state index contributed by atoms with van der Waals surface area (Å²) in [5.74, 6) is -1.47. The third-order valence-electron chi connectivity index (χ3n) is 5.62. The Hall–Kier alpha value is -3.92. The number of hydrogen-bond acceptors (Lipinski definition) is 5. The summed E-state index contributed by atoms with van der Waals surface area (Å²) in [6.45, 7) is 1.33. The number of fused-ring (bicyclic) bond motifs is 1. The molecule has 0 saturated heterocycles. The zero-order valence-corrected chi connectivity index (χ0v) is 19.5. The highest BCUT2D eigenvalue weighted by atomic mass is 32.2. The van der Waals surface area contributed by atoms with Crippen molar-refractivity contribution in [3.05, 3.63) is 77.6 Å². The predicted molar refractivity (Wildman–Crippen MR) is 126 cm³/mol. The number of nitrogens with zero attached hydrogens (tertiary/aromatic N) is 2. The van der Waals surface area contributed by atoms with Crippen molar-refractivity contribution in [1.82, 2.24) is 0 Å². The van der Waals surface area contributed by atoms with Gasteiger partial charge in [-0.2, -0.15) is 0 Å². The van der Waals surface area contributed by atoms with Crippen LogP contribution in [-0.4, -0.2) is 40.9 Å². The average molecular weight is 484 g/mol. The molecular formula is C24H22FN3O5S. The maximum atomic E-state index is 14.2. The Balaban J connectivity index is 1.76. The van der Waals surface area contributed by atoms with Crippen molar-refractivity contribution >= 4 is 38.9 Å². The second-order valence-corrected chi connectivity index (χ2v) is 9.66. The summed E-state index contributed by atoms with van der Waals surface area (Å²) in [5, 5.41) is 2.44. The average Bonchev–Trinajstić information content (AvgIpc) is 2.83. The quantitative estimate of drug-likeness (QED) is 0.599. The Bertz CT molecular complexity index is 1410. The van der Waals surface area contributed by atoms with Gasteiger partial charge in [0.05, 0.1) is 23.4 Å². The number of amides is 2. The van der Waals surface area contributed by atoms with E-state index in [-0.39, 0.29) is 28.4 Å². The number of anilines is 3. The van der Waals surface area contributed by atoms with Gasteiger partial charge < -0.3 is 10.1 Å². The van der Waals surface area contributed by atoms with Crippen LogP contribution >= 0.6 is 0 Å². The summed E-state index contributed by atoms with van der Waals surface area (Å²) >= 11 is 0. The van der Waals surface area contributed by atoms with E-state index in [1.54, 1.807) is 31.2 Å². The van der Waals surface area contributed by atoms with E-state index in [1.807, 2.05) is 0 Å². The lowest BCUT2D eigenvalue weighted by molar-refractivity contribution is -0.115. The van der Waals surface area contributed by atoms with Gasteiger partial charge in [0.2, 0.25) is 5.91 Å². The van der Waals surface area contributed by atoms with E-state index < -0.39 is 27.7 Å². The van der Waals surface area contributed by atoms with Crippen molar-refractivity contribution in [2.75, 3.05) is 35.2 Å². The lowest BCUT2D eigenvalue weighted by Gasteiger charge is -2.30. The molecular weight excluding hydrogens is 461 g/mol. The fraction of sp³-hybridized carbons (Fsp3) is 0.167. The molecule has 1 heterocycles. The number of para-hydroxylation sites is 3. The van der Waals surface area contributed by atoms with Crippen molar-refractivity contribution in [3.63, 3.8) is 0 Å². The van der Waals surface area contributed by atoms with Gasteiger partial charge in [-0.25, -0.2) is 12.8 Å². The van der Waals surface area contributed by atoms with Crippen molar-refractivity contribution in [3.8, 4) is 5.75 Å². The Labute approximate surface area is 196 Å². The number of benzene rings is 3. The number of sulfonamides is 1. The molecule has 0 radical (unpaired) electrons. The van der Waals surface area contributed by atoms with E-state index in [4.69, 9.17) is 4.74 Å². The first-order valence-electron chi connectivity index (χ1n) is 10.3. The molecule has 0 aliphatic carbocycles. The summed E-state index contributed by atoms with van der Waals surface area (Å²) in [7, 11) is -1.23. The number of carbonyl (C=O) groups is 2. The number of nitrogens with one attached hydrogen (secondary N) is 1. The third-order valence-corrected chi connectivity index (χ3v) is 7.38. The highest BCUT2D eigenvalue weighted by Crippen LogP contribution is 2.34. The van der Waals surface area contributed by atoms with Crippen LogP contribution in [0.3, 0.4) is 0 Å². The molecule has 1 aliphatic rings. The highest BCUT2D eigenvalue weighted by molar-refractivity contribution is 7.92. The number of methoxy groups -OCH3 is 1. The molecule has 34 heavy (non-hydrogen) atoms. The van der Waals surface area contributed by atoms with Crippen molar-refractivity contribution in [2.45, 2.75) is 11.8 Å². The first-order chi connectivity index (χ1) is 16.1. The lowest BCUT2D eigenvalue weighted by Crippen LogP contribution is -2.42. The van der Waals surface area contributed by atoms with E-state index in [0.29, 0.717) is 17.0 Å². The van der Waals surface area contributed by atoms with E-state index in [0.717, 1.165) is 9.21 Å². The minimum atomic E-state index is -4.06. The summed E-state index contributed by atoms with van der Waals surface area (Å²) < 4.78 is 47.4. The van der Waals surface area contributed by atoms with E-state index >= 15 is 0 Å². The number of carbonyl (C=O) groups excluding carboxylic acids is 2. The molecule has 0 aromatic heterocycles. The van der Waals surface area contributed by atoms with Crippen molar-refractivity contribution < 1.29 is 27.1 Å². The van der Waals surface area contributed by atoms with Crippen LogP contribution in [0, 0.1) is 12.7 Å². The molecule has 0 bridgehead atoms. The molecule has 8 nitrogen and oxygen atoms in total. The van der Waals surface area contributed by atoms with E-state index in [9.17, 15) is 22.4 Å². The van der Waals surface area contributed by atoms with Crippen LogP contribution in [0.2, 0.25) is 0 Å². The smallest absolute Gasteiger partial charge is 0.264 e. The Morgan fingerprint density at radius 2 is 1.85 bits per heavy atom. The maximum Gasteiger partial charge on any atom is 0.264 e. The molecule has 0 unspecified atom stereocenters. The van der Waals surface area contributed by atoms with Gasteiger partial charge in [-0.1, -0.05) is 24.3 Å². The molecule has 0 fully saturated rings. The molecule has 0 spiro atoms. The zero-order chi connectivity index (χ0) is 24.6. The van der Waals surface area contributed by atoms with E-state index in [2.05, 4.69) is 5.32 Å².